The summed E-state index contributed by atoms with van der Waals surface area (Å²) in [6.45, 7) is 8.48. The lowest BCUT2D eigenvalue weighted by Crippen LogP contribution is -2.39. The van der Waals surface area contributed by atoms with Gasteiger partial charge in [-0.2, -0.15) is 0 Å². The Balaban J connectivity index is 1.77. The van der Waals surface area contributed by atoms with Gasteiger partial charge in [0.25, 0.3) is 0 Å². The van der Waals surface area contributed by atoms with Gasteiger partial charge in [0.05, 0.1) is 25.9 Å². The maximum Gasteiger partial charge on any atom is 0.203 e. The number of hydrogen-bond donors (Lipinski definition) is 1. The van der Waals surface area contributed by atoms with Gasteiger partial charge in [-0.15, -0.1) is 0 Å². The van der Waals surface area contributed by atoms with Gasteiger partial charge >= 0.3 is 0 Å². The van der Waals surface area contributed by atoms with Crippen LogP contribution in [0.4, 0.5) is 5.95 Å². The van der Waals surface area contributed by atoms with E-state index in [2.05, 4.69) is 26.7 Å². The first-order valence-electron chi connectivity index (χ1n) is 6.87. The van der Waals surface area contributed by atoms with Crippen molar-refractivity contribution in [1.29, 1.82) is 0 Å². The molecule has 0 spiro atoms. The second-order valence-electron chi connectivity index (χ2n) is 4.84. The molecule has 1 atom stereocenters. The molecule has 1 aromatic rings. The molecule has 19 heavy (non-hydrogen) atoms. The molecule has 0 amide bonds. The van der Waals surface area contributed by atoms with Crippen molar-refractivity contribution in [2.75, 3.05) is 58.4 Å². The largest absolute Gasteiger partial charge is 0.383 e. The summed E-state index contributed by atoms with van der Waals surface area (Å²) in [6.07, 6.45) is 3.81. The molecule has 108 valence electrons. The van der Waals surface area contributed by atoms with Gasteiger partial charge in [0.15, 0.2) is 0 Å². The molecule has 2 heterocycles. The number of morpholine rings is 1. The first kappa shape index (κ1) is 14.3. The van der Waals surface area contributed by atoms with Crippen LogP contribution in [0.15, 0.2) is 12.4 Å². The number of ether oxygens (including phenoxy) is 2. The fourth-order valence-corrected chi connectivity index (χ4v) is 2.28. The van der Waals surface area contributed by atoms with Crippen molar-refractivity contribution in [2.45, 2.75) is 13.0 Å². The fourth-order valence-electron chi connectivity index (χ4n) is 2.28. The molecule has 2 rings (SSSR count). The molecule has 0 radical (unpaired) electrons. The molecule has 6 nitrogen and oxygen atoms in total. The second kappa shape index (κ2) is 7.47. The number of anilines is 1. The smallest absolute Gasteiger partial charge is 0.203 e. The van der Waals surface area contributed by atoms with Gasteiger partial charge in [-0.25, -0.2) is 4.98 Å². The average molecular weight is 268 g/mol. The molecule has 0 saturated carbocycles. The lowest BCUT2D eigenvalue weighted by Gasteiger charge is -2.26. The van der Waals surface area contributed by atoms with Crippen molar-refractivity contribution in [1.82, 2.24) is 14.5 Å². The summed E-state index contributed by atoms with van der Waals surface area (Å²) in [5.41, 5.74) is 0. The zero-order chi connectivity index (χ0) is 13.5. The summed E-state index contributed by atoms with van der Waals surface area (Å²) < 4.78 is 12.6. The standard InChI is InChI=1S/C13H24N4O2/c1-12(11-18-2)17-6-4-15-13(17)14-3-5-16-7-9-19-10-8-16/h4,6,12H,3,5,7-11H2,1-2H3,(H,14,15). The number of methoxy groups -OCH3 is 1. The van der Waals surface area contributed by atoms with E-state index in [0.29, 0.717) is 12.6 Å². The fraction of sp³-hybridized carbons (Fsp3) is 0.769. The van der Waals surface area contributed by atoms with E-state index >= 15 is 0 Å². The minimum Gasteiger partial charge on any atom is -0.383 e. The zero-order valence-electron chi connectivity index (χ0n) is 11.8. The summed E-state index contributed by atoms with van der Waals surface area (Å²) >= 11 is 0. The summed E-state index contributed by atoms with van der Waals surface area (Å²) in [7, 11) is 1.72. The third-order valence-corrected chi connectivity index (χ3v) is 3.37. The highest BCUT2D eigenvalue weighted by Crippen LogP contribution is 2.13. The first-order chi connectivity index (χ1) is 9.31. The molecular weight excluding hydrogens is 244 g/mol. The summed E-state index contributed by atoms with van der Waals surface area (Å²) in [5.74, 6) is 0.915. The Morgan fingerprint density at radius 1 is 1.47 bits per heavy atom. The van der Waals surface area contributed by atoms with Crippen LogP contribution in [0.2, 0.25) is 0 Å². The van der Waals surface area contributed by atoms with E-state index in [-0.39, 0.29) is 0 Å². The maximum absolute atomic E-state index is 5.34. The van der Waals surface area contributed by atoms with Crippen molar-refractivity contribution in [3.8, 4) is 0 Å². The minimum atomic E-state index is 0.290. The number of nitrogens with one attached hydrogen (secondary N) is 1. The highest BCUT2D eigenvalue weighted by molar-refractivity contribution is 5.26. The predicted molar refractivity (Wildman–Crippen MR) is 74.6 cm³/mol. The second-order valence-corrected chi connectivity index (χ2v) is 4.84. The van der Waals surface area contributed by atoms with Crippen molar-refractivity contribution < 1.29 is 9.47 Å². The summed E-state index contributed by atoms with van der Waals surface area (Å²) in [5, 5.41) is 3.39. The molecule has 0 aliphatic carbocycles. The van der Waals surface area contributed by atoms with E-state index in [1.54, 1.807) is 7.11 Å². The van der Waals surface area contributed by atoms with Crippen LogP contribution in [-0.2, 0) is 9.47 Å². The highest BCUT2D eigenvalue weighted by atomic mass is 16.5. The lowest BCUT2D eigenvalue weighted by molar-refractivity contribution is 0.0398. The molecule has 1 aliphatic heterocycles. The van der Waals surface area contributed by atoms with E-state index in [1.165, 1.54) is 0 Å². The number of nitrogens with zero attached hydrogens (tertiary/aromatic N) is 3. The third kappa shape index (κ3) is 4.19. The molecule has 1 fully saturated rings. The zero-order valence-corrected chi connectivity index (χ0v) is 11.8. The van der Waals surface area contributed by atoms with Crippen LogP contribution < -0.4 is 5.32 Å². The molecule has 0 aromatic carbocycles. The van der Waals surface area contributed by atoms with E-state index in [0.717, 1.165) is 45.3 Å². The minimum absolute atomic E-state index is 0.290. The Bertz CT molecular complexity index is 363. The average Bonchev–Trinajstić information content (AvgIpc) is 2.89. The van der Waals surface area contributed by atoms with Crippen LogP contribution in [0, 0.1) is 0 Å². The van der Waals surface area contributed by atoms with Crippen molar-refractivity contribution in [3.63, 3.8) is 0 Å². The Morgan fingerprint density at radius 3 is 3.00 bits per heavy atom. The van der Waals surface area contributed by atoms with E-state index < -0.39 is 0 Å². The van der Waals surface area contributed by atoms with E-state index in [4.69, 9.17) is 9.47 Å². The first-order valence-corrected chi connectivity index (χ1v) is 6.87. The molecule has 1 unspecified atom stereocenters. The number of hydrogen-bond acceptors (Lipinski definition) is 5. The van der Waals surface area contributed by atoms with Crippen molar-refractivity contribution >= 4 is 5.95 Å². The maximum atomic E-state index is 5.34. The number of aromatic nitrogens is 2. The summed E-state index contributed by atoms with van der Waals surface area (Å²) in [4.78, 5) is 6.76. The highest BCUT2D eigenvalue weighted by Gasteiger charge is 2.11. The predicted octanol–water partition coefficient (Wildman–Crippen LogP) is 0.835. The molecule has 1 aliphatic rings. The van der Waals surface area contributed by atoms with Crippen LogP contribution in [0.25, 0.3) is 0 Å². The molecule has 1 saturated heterocycles. The SMILES string of the molecule is COCC(C)n1ccnc1NCCN1CCOCC1. The van der Waals surface area contributed by atoms with Gasteiger partial charge < -0.3 is 19.4 Å². The monoisotopic (exact) mass is 268 g/mol. The van der Waals surface area contributed by atoms with E-state index in [9.17, 15) is 0 Å². The Labute approximate surface area is 114 Å². The van der Waals surface area contributed by atoms with Crippen LogP contribution in [0.1, 0.15) is 13.0 Å². The Kier molecular flexibility index (Phi) is 5.62. The number of imidazole rings is 1. The number of rotatable bonds is 7. The Morgan fingerprint density at radius 2 is 2.26 bits per heavy atom. The molecular formula is C13H24N4O2. The van der Waals surface area contributed by atoms with Gasteiger partial charge in [-0.3, -0.25) is 4.90 Å². The molecule has 1 N–H and O–H groups in total. The van der Waals surface area contributed by atoms with Gasteiger partial charge in [-0.1, -0.05) is 0 Å². The third-order valence-electron chi connectivity index (χ3n) is 3.37. The van der Waals surface area contributed by atoms with Gasteiger partial charge in [-0.05, 0) is 6.92 Å². The lowest BCUT2D eigenvalue weighted by atomic mass is 10.3. The van der Waals surface area contributed by atoms with E-state index in [1.807, 2.05) is 12.4 Å². The van der Waals surface area contributed by atoms with Crippen LogP contribution in [0.5, 0.6) is 0 Å². The topological polar surface area (TPSA) is 51.5 Å². The van der Waals surface area contributed by atoms with Crippen molar-refractivity contribution in [3.05, 3.63) is 12.4 Å². The Hall–Kier alpha value is -1.11. The van der Waals surface area contributed by atoms with Crippen molar-refractivity contribution in [2.24, 2.45) is 0 Å². The van der Waals surface area contributed by atoms with Gasteiger partial charge in [0.2, 0.25) is 5.95 Å². The normalized spacial score (nSPS) is 18.4. The molecule has 1 aromatic heterocycles. The van der Waals surface area contributed by atoms with Crippen LogP contribution in [-0.4, -0.2) is 67.6 Å². The quantitative estimate of drug-likeness (QED) is 0.794. The van der Waals surface area contributed by atoms with Crippen LogP contribution in [0.3, 0.4) is 0 Å². The molecule has 0 bridgehead atoms. The molecule has 6 heteroatoms. The van der Waals surface area contributed by atoms with Gasteiger partial charge in [0.1, 0.15) is 0 Å². The van der Waals surface area contributed by atoms with Gasteiger partial charge in [0, 0.05) is 45.7 Å². The van der Waals surface area contributed by atoms with Crippen LogP contribution >= 0.6 is 0 Å². The summed E-state index contributed by atoms with van der Waals surface area (Å²) in [6, 6.07) is 0.290.